The monoisotopic (exact) mass is 455 g/mol. The van der Waals surface area contributed by atoms with E-state index in [1.807, 2.05) is 6.07 Å². The predicted octanol–water partition coefficient (Wildman–Crippen LogP) is 4.26. The van der Waals surface area contributed by atoms with Crippen molar-refractivity contribution < 1.29 is 23.0 Å². The van der Waals surface area contributed by atoms with Gasteiger partial charge in [-0.1, -0.05) is 12.1 Å². The minimum atomic E-state index is -2.86. The Balaban J connectivity index is 1.37. The van der Waals surface area contributed by atoms with Crippen LogP contribution < -0.4 is 19.7 Å². The summed E-state index contributed by atoms with van der Waals surface area (Å²) in [4.78, 5) is 15.7. The molecule has 3 aromatic rings. The first-order valence-corrected chi connectivity index (χ1v) is 10.7. The van der Waals surface area contributed by atoms with Gasteiger partial charge in [0.05, 0.1) is 19.3 Å². The number of hydrogen-bond acceptors (Lipinski definition) is 8. The molecule has 2 unspecified atom stereocenters. The number of anilines is 3. The second-order valence-corrected chi connectivity index (χ2v) is 7.91. The summed E-state index contributed by atoms with van der Waals surface area (Å²) in [5, 5.41) is 3.27. The highest BCUT2D eigenvalue weighted by Gasteiger charge is 2.34. The standard InChI is InChI=1S/C23H23F2N5O3/c1-31-21-19(10-15(11-27-21)14-2-4-16(5-3-14)33-22(24)25)28-20-8-9-26-23(29-20)30-12-17-6-7-18(13-30)32-17/h2-5,8-11,17-18,22H,6-7,12-13H2,1H3,(H,26,28,29). The molecule has 0 saturated carbocycles. The molecule has 2 aromatic heterocycles. The number of alkyl halides is 2. The average Bonchev–Trinajstić information content (AvgIpc) is 3.16. The zero-order chi connectivity index (χ0) is 22.8. The van der Waals surface area contributed by atoms with E-state index in [2.05, 4.69) is 29.9 Å². The van der Waals surface area contributed by atoms with Crippen LogP contribution in [0.4, 0.5) is 26.2 Å². The third-order valence-electron chi connectivity index (χ3n) is 5.69. The minimum absolute atomic E-state index is 0.0960. The third kappa shape index (κ3) is 4.80. The molecule has 33 heavy (non-hydrogen) atoms. The maximum Gasteiger partial charge on any atom is 0.387 e. The van der Waals surface area contributed by atoms with Crippen molar-refractivity contribution in [2.75, 3.05) is 30.4 Å². The Morgan fingerprint density at radius 3 is 2.52 bits per heavy atom. The van der Waals surface area contributed by atoms with Crippen molar-refractivity contribution in [1.29, 1.82) is 0 Å². The van der Waals surface area contributed by atoms with Gasteiger partial charge in [-0.25, -0.2) is 9.97 Å². The Hall–Kier alpha value is -3.53. The smallest absolute Gasteiger partial charge is 0.387 e. The van der Waals surface area contributed by atoms with Crippen LogP contribution in [0.2, 0.25) is 0 Å². The molecule has 2 bridgehead atoms. The molecule has 5 rings (SSSR count). The lowest BCUT2D eigenvalue weighted by atomic mass is 10.1. The molecule has 0 amide bonds. The number of rotatable bonds is 7. The summed E-state index contributed by atoms with van der Waals surface area (Å²) in [5.74, 6) is 1.76. The molecule has 2 fully saturated rings. The van der Waals surface area contributed by atoms with Gasteiger partial charge in [-0.15, -0.1) is 0 Å². The second-order valence-electron chi connectivity index (χ2n) is 7.91. The molecule has 2 atom stereocenters. The number of methoxy groups -OCH3 is 1. The van der Waals surface area contributed by atoms with Crippen molar-refractivity contribution in [3.63, 3.8) is 0 Å². The summed E-state index contributed by atoms with van der Waals surface area (Å²) in [6.45, 7) is -1.29. The number of pyridine rings is 1. The summed E-state index contributed by atoms with van der Waals surface area (Å²) in [6.07, 6.45) is 5.99. The van der Waals surface area contributed by atoms with E-state index in [0.717, 1.165) is 37.1 Å². The number of halogens is 2. The minimum Gasteiger partial charge on any atom is -0.480 e. The van der Waals surface area contributed by atoms with Gasteiger partial charge in [-0.05, 0) is 42.7 Å². The Labute approximate surface area is 189 Å². The summed E-state index contributed by atoms with van der Waals surface area (Å²) >= 11 is 0. The number of aromatic nitrogens is 3. The maximum atomic E-state index is 12.4. The van der Waals surface area contributed by atoms with Crippen molar-refractivity contribution in [3.8, 4) is 22.8 Å². The highest BCUT2D eigenvalue weighted by Crippen LogP contribution is 2.32. The summed E-state index contributed by atoms with van der Waals surface area (Å²) in [5.41, 5.74) is 2.19. The van der Waals surface area contributed by atoms with Crippen molar-refractivity contribution >= 4 is 17.5 Å². The fourth-order valence-electron chi connectivity index (χ4n) is 4.18. The van der Waals surface area contributed by atoms with E-state index in [-0.39, 0.29) is 18.0 Å². The maximum absolute atomic E-state index is 12.4. The molecule has 2 saturated heterocycles. The van der Waals surface area contributed by atoms with Crippen LogP contribution in [0.5, 0.6) is 11.6 Å². The lowest BCUT2D eigenvalue weighted by Crippen LogP contribution is -2.43. The van der Waals surface area contributed by atoms with Gasteiger partial charge in [0.25, 0.3) is 0 Å². The van der Waals surface area contributed by atoms with Gasteiger partial charge in [0.2, 0.25) is 11.8 Å². The summed E-state index contributed by atoms with van der Waals surface area (Å²) in [7, 11) is 1.54. The van der Waals surface area contributed by atoms with Gasteiger partial charge in [-0.3, -0.25) is 0 Å². The first kappa shape index (κ1) is 21.3. The quantitative estimate of drug-likeness (QED) is 0.566. The third-order valence-corrected chi connectivity index (χ3v) is 5.69. The van der Waals surface area contributed by atoms with Gasteiger partial charge >= 0.3 is 6.61 Å². The molecule has 172 valence electrons. The van der Waals surface area contributed by atoms with E-state index >= 15 is 0 Å². The number of morpholine rings is 1. The first-order valence-electron chi connectivity index (χ1n) is 10.7. The molecule has 1 N–H and O–H groups in total. The van der Waals surface area contributed by atoms with Crippen molar-refractivity contribution in [3.05, 3.63) is 48.8 Å². The SMILES string of the molecule is COc1ncc(-c2ccc(OC(F)F)cc2)cc1Nc1ccnc(N2CC3CCC(C2)O3)n1. The van der Waals surface area contributed by atoms with Crippen LogP contribution in [0.15, 0.2) is 48.8 Å². The van der Waals surface area contributed by atoms with Crippen LogP contribution in [0.3, 0.4) is 0 Å². The van der Waals surface area contributed by atoms with Crippen LogP contribution in [0.25, 0.3) is 11.1 Å². The van der Waals surface area contributed by atoms with Crippen LogP contribution in [-0.2, 0) is 4.74 Å². The van der Waals surface area contributed by atoms with Crippen molar-refractivity contribution in [1.82, 2.24) is 15.0 Å². The number of ether oxygens (including phenoxy) is 3. The normalized spacial score (nSPS) is 19.6. The molecule has 2 aliphatic rings. The molecule has 4 heterocycles. The van der Waals surface area contributed by atoms with Crippen molar-refractivity contribution in [2.45, 2.75) is 31.7 Å². The number of fused-ring (bicyclic) bond motifs is 2. The van der Waals surface area contributed by atoms with E-state index < -0.39 is 6.61 Å². The molecule has 1 aromatic carbocycles. The van der Waals surface area contributed by atoms with Crippen LogP contribution in [-0.4, -0.2) is 54.0 Å². The zero-order valence-electron chi connectivity index (χ0n) is 17.9. The lowest BCUT2D eigenvalue weighted by molar-refractivity contribution is -0.0498. The topological polar surface area (TPSA) is 81.6 Å². The van der Waals surface area contributed by atoms with E-state index in [1.54, 1.807) is 37.7 Å². The summed E-state index contributed by atoms with van der Waals surface area (Å²) in [6, 6.07) is 10.0. The zero-order valence-corrected chi connectivity index (χ0v) is 17.9. The van der Waals surface area contributed by atoms with Crippen LogP contribution >= 0.6 is 0 Å². The number of nitrogens with zero attached hydrogens (tertiary/aromatic N) is 4. The highest BCUT2D eigenvalue weighted by molar-refractivity contribution is 5.72. The Morgan fingerprint density at radius 1 is 1.06 bits per heavy atom. The van der Waals surface area contributed by atoms with E-state index in [1.165, 1.54) is 12.1 Å². The molecule has 8 nitrogen and oxygen atoms in total. The summed E-state index contributed by atoms with van der Waals surface area (Å²) < 4.78 is 40.5. The van der Waals surface area contributed by atoms with Gasteiger partial charge in [-0.2, -0.15) is 13.8 Å². The van der Waals surface area contributed by atoms with E-state index in [0.29, 0.717) is 23.3 Å². The molecular formula is C23H23F2N5O3. The number of nitrogens with one attached hydrogen (secondary N) is 1. The highest BCUT2D eigenvalue weighted by atomic mass is 19.3. The Bertz CT molecular complexity index is 1100. The van der Waals surface area contributed by atoms with Crippen LogP contribution in [0.1, 0.15) is 12.8 Å². The van der Waals surface area contributed by atoms with Gasteiger partial charge < -0.3 is 24.4 Å². The van der Waals surface area contributed by atoms with Crippen LogP contribution in [0, 0.1) is 0 Å². The fraction of sp³-hybridized carbons (Fsp3) is 0.348. The lowest BCUT2D eigenvalue weighted by Gasteiger charge is -2.32. The molecular weight excluding hydrogens is 432 g/mol. The largest absolute Gasteiger partial charge is 0.480 e. The molecule has 0 aliphatic carbocycles. The number of benzene rings is 1. The number of hydrogen-bond donors (Lipinski definition) is 1. The van der Waals surface area contributed by atoms with Gasteiger partial charge in [0.1, 0.15) is 17.3 Å². The molecule has 2 aliphatic heterocycles. The molecule has 0 spiro atoms. The Morgan fingerprint density at radius 2 is 1.82 bits per heavy atom. The van der Waals surface area contributed by atoms with E-state index in [4.69, 9.17) is 9.47 Å². The first-order chi connectivity index (χ1) is 16.1. The van der Waals surface area contributed by atoms with Gasteiger partial charge in [0.15, 0.2) is 0 Å². The second kappa shape index (κ2) is 9.14. The fourth-order valence-corrected chi connectivity index (χ4v) is 4.18. The molecule has 0 radical (unpaired) electrons. The van der Waals surface area contributed by atoms with Crippen molar-refractivity contribution in [2.24, 2.45) is 0 Å². The predicted molar refractivity (Wildman–Crippen MR) is 118 cm³/mol. The Kier molecular flexibility index (Phi) is 5.91. The van der Waals surface area contributed by atoms with E-state index in [9.17, 15) is 8.78 Å². The molecule has 10 heteroatoms. The average molecular weight is 455 g/mol. The van der Waals surface area contributed by atoms with Gasteiger partial charge in [0, 0.05) is 31.0 Å².